The van der Waals surface area contributed by atoms with E-state index in [1.54, 1.807) is 20.0 Å². The lowest BCUT2D eigenvalue weighted by Gasteiger charge is -2.11. The molecule has 96 valence electrons. The molecule has 2 N–H and O–H groups in total. The van der Waals surface area contributed by atoms with Gasteiger partial charge in [-0.15, -0.1) is 0 Å². The largest absolute Gasteiger partial charge is 0.318 e. The summed E-state index contributed by atoms with van der Waals surface area (Å²) in [6.07, 6.45) is 0. The normalized spacial score (nSPS) is 11.8. The van der Waals surface area contributed by atoms with Crippen molar-refractivity contribution in [3.05, 3.63) is 27.7 Å². The summed E-state index contributed by atoms with van der Waals surface area (Å²) in [5.41, 5.74) is 1.64. The van der Waals surface area contributed by atoms with E-state index in [2.05, 4.69) is 26.0 Å². The molecule has 0 aliphatic carbocycles. The maximum absolute atomic E-state index is 12.0. The van der Waals surface area contributed by atoms with Crippen LogP contribution in [0.15, 0.2) is 21.5 Å². The van der Waals surface area contributed by atoms with Crippen LogP contribution in [0, 0.1) is 13.8 Å². The lowest BCUT2D eigenvalue weighted by molar-refractivity contribution is 0.579. The van der Waals surface area contributed by atoms with E-state index < -0.39 is 10.0 Å². The van der Waals surface area contributed by atoms with Crippen molar-refractivity contribution in [2.75, 3.05) is 20.1 Å². The number of aryl methyl sites for hydroxylation is 2. The van der Waals surface area contributed by atoms with Crippen LogP contribution in [-0.2, 0) is 10.0 Å². The Hall–Kier alpha value is -0.430. The Kier molecular flexibility index (Phi) is 5.12. The van der Waals surface area contributed by atoms with Crippen molar-refractivity contribution < 1.29 is 8.42 Å². The van der Waals surface area contributed by atoms with E-state index in [1.165, 1.54) is 0 Å². The maximum Gasteiger partial charge on any atom is 0.240 e. The number of nitrogens with one attached hydrogen (secondary N) is 2. The summed E-state index contributed by atoms with van der Waals surface area (Å²) in [4.78, 5) is 0.342. The van der Waals surface area contributed by atoms with Crippen LogP contribution in [0.2, 0.25) is 0 Å². The highest BCUT2D eigenvalue weighted by atomic mass is 79.9. The minimum absolute atomic E-state index is 0.342. The Bertz CT molecular complexity index is 500. The second-order valence-corrected chi connectivity index (χ2v) is 6.46. The van der Waals surface area contributed by atoms with Gasteiger partial charge in [0.2, 0.25) is 10.0 Å². The van der Waals surface area contributed by atoms with Crippen LogP contribution in [0.5, 0.6) is 0 Å². The molecule has 0 fully saturated rings. The first kappa shape index (κ1) is 14.6. The predicted octanol–water partition coefficient (Wildman–Crippen LogP) is 1.56. The molecule has 0 spiro atoms. The Labute approximate surface area is 111 Å². The third-order valence-electron chi connectivity index (χ3n) is 2.41. The molecule has 0 heterocycles. The molecule has 0 bridgehead atoms. The van der Waals surface area contributed by atoms with E-state index in [1.807, 2.05) is 13.0 Å². The maximum atomic E-state index is 12.0. The quantitative estimate of drug-likeness (QED) is 0.809. The van der Waals surface area contributed by atoms with E-state index >= 15 is 0 Å². The molecule has 1 aromatic rings. The molecule has 0 unspecified atom stereocenters. The van der Waals surface area contributed by atoms with Gasteiger partial charge in [-0.3, -0.25) is 0 Å². The fraction of sp³-hybridized carbons (Fsp3) is 0.455. The number of sulfonamides is 1. The van der Waals surface area contributed by atoms with Crippen LogP contribution < -0.4 is 10.0 Å². The molecule has 0 atom stereocenters. The van der Waals surface area contributed by atoms with Crippen LogP contribution in [0.3, 0.4) is 0 Å². The van der Waals surface area contributed by atoms with Gasteiger partial charge in [0, 0.05) is 17.6 Å². The van der Waals surface area contributed by atoms with Gasteiger partial charge in [0.15, 0.2) is 0 Å². The van der Waals surface area contributed by atoms with Gasteiger partial charge in [0.1, 0.15) is 0 Å². The van der Waals surface area contributed by atoms with Crippen molar-refractivity contribution in [1.82, 2.24) is 10.0 Å². The second kappa shape index (κ2) is 5.95. The molecular formula is C11H17BrN2O2S. The number of hydrogen-bond acceptors (Lipinski definition) is 3. The first-order chi connectivity index (χ1) is 7.88. The molecular weight excluding hydrogens is 304 g/mol. The summed E-state index contributed by atoms with van der Waals surface area (Å²) in [5.74, 6) is 0. The van der Waals surface area contributed by atoms with Gasteiger partial charge in [-0.05, 0) is 44.2 Å². The Morgan fingerprint density at radius 1 is 1.18 bits per heavy atom. The summed E-state index contributed by atoms with van der Waals surface area (Å²) in [7, 11) is -1.63. The third kappa shape index (κ3) is 3.77. The number of rotatable bonds is 5. The van der Waals surface area contributed by atoms with Crippen LogP contribution in [0.4, 0.5) is 0 Å². The molecule has 1 rings (SSSR count). The van der Waals surface area contributed by atoms with Crippen molar-refractivity contribution in [3.63, 3.8) is 0 Å². The van der Waals surface area contributed by atoms with Crippen molar-refractivity contribution >= 4 is 26.0 Å². The lowest BCUT2D eigenvalue weighted by atomic mass is 10.2. The minimum atomic E-state index is -3.41. The molecule has 17 heavy (non-hydrogen) atoms. The van der Waals surface area contributed by atoms with Crippen LogP contribution in [0.25, 0.3) is 0 Å². The number of halogens is 1. The standard InChI is InChI=1S/C11H17BrN2O2S/c1-8-7-11(9(2)6-10(8)12)17(15,16)14-5-4-13-3/h6-7,13-14H,4-5H2,1-3H3. The van der Waals surface area contributed by atoms with Crippen LogP contribution in [-0.4, -0.2) is 28.6 Å². The zero-order valence-corrected chi connectivity index (χ0v) is 12.6. The molecule has 0 aliphatic rings. The molecule has 0 saturated heterocycles. The highest BCUT2D eigenvalue weighted by Gasteiger charge is 2.17. The topological polar surface area (TPSA) is 58.2 Å². The summed E-state index contributed by atoms with van der Waals surface area (Å²) in [6, 6.07) is 3.50. The number of hydrogen-bond donors (Lipinski definition) is 2. The average molecular weight is 321 g/mol. The highest BCUT2D eigenvalue weighted by Crippen LogP contribution is 2.23. The molecule has 0 amide bonds. The van der Waals surface area contributed by atoms with E-state index in [-0.39, 0.29) is 0 Å². The highest BCUT2D eigenvalue weighted by molar-refractivity contribution is 9.10. The van der Waals surface area contributed by atoms with Crippen LogP contribution in [0.1, 0.15) is 11.1 Å². The first-order valence-electron chi connectivity index (χ1n) is 5.29. The molecule has 0 saturated carbocycles. The van der Waals surface area contributed by atoms with Gasteiger partial charge in [0.25, 0.3) is 0 Å². The molecule has 0 aliphatic heterocycles. The lowest BCUT2D eigenvalue weighted by Crippen LogP contribution is -2.31. The molecule has 1 aromatic carbocycles. The molecule has 0 radical (unpaired) electrons. The zero-order valence-electron chi connectivity index (χ0n) is 10.2. The fourth-order valence-corrected chi connectivity index (χ4v) is 3.23. The van der Waals surface area contributed by atoms with Crippen molar-refractivity contribution in [2.24, 2.45) is 0 Å². The predicted molar refractivity (Wildman–Crippen MR) is 72.7 cm³/mol. The van der Waals surface area contributed by atoms with Gasteiger partial charge in [0.05, 0.1) is 4.90 Å². The van der Waals surface area contributed by atoms with Gasteiger partial charge in [-0.25, -0.2) is 13.1 Å². The van der Waals surface area contributed by atoms with Crippen molar-refractivity contribution in [2.45, 2.75) is 18.7 Å². The van der Waals surface area contributed by atoms with Crippen molar-refractivity contribution in [3.8, 4) is 0 Å². The Morgan fingerprint density at radius 3 is 2.41 bits per heavy atom. The monoisotopic (exact) mass is 320 g/mol. The van der Waals surface area contributed by atoms with E-state index in [0.29, 0.717) is 18.0 Å². The summed E-state index contributed by atoms with van der Waals surface area (Å²) in [5, 5.41) is 2.89. The third-order valence-corrected chi connectivity index (χ3v) is 4.87. The molecule has 4 nitrogen and oxygen atoms in total. The minimum Gasteiger partial charge on any atom is -0.318 e. The second-order valence-electron chi connectivity index (χ2n) is 3.87. The summed E-state index contributed by atoms with van der Waals surface area (Å²) in [6.45, 7) is 4.65. The molecule has 0 aromatic heterocycles. The van der Waals surface area contributed by atoms with Gasteiger partial charge < -0.3 is 5.32 Å². The SMILES string of the molecule is CNCCNS(=O)(=O)c1cc(C)c(Br)cc1C. The summed E-state index contributed by atoms with van der Waals surface area (Å²) < 4.78 is 27.6. The summed E-state index contributed by atoms with van der Waals surface area (Å²) >= 11 is 3.39. The van der Waals surface area contributed by atoms with Gasteiger partial charge in [-0.1, -0.05) is 15.9 Å². The fourth-order valence-electron chi connectivity index (χ4n) is 1.43. The Balaban J connectivity index is 3.03. The van der Waals surface area contributed by atoms with E-state index in [9.17, 15) is 8.42 Å². The van der Waals surface area contributed by atoms with E-state index in [4.69, 9.17) is 0 Å². The first-order valence-corrected chi connectivity index (χ1v) is 7.57. The van der Waals surface area contributed by atoms with Crippen molar-refractivity contribution in [1.29, 1.82) is 0 Å². The van der Waals surface area contributed by atoms with E-state index in [0.717, 1.165) is 15.6 Å². The molecule has 6 heteroatoms. The zero-order chi connectivity index (χ0) is 13.1. The van der Waals surface area contributed by atoms with Crippen LogP contribution >= 0.6 is 15.9 Å². The average Bonchev–Trinajstić information content (AvgIpc) is 2.23. The smallest absolute Gasteiger partial charge is 0.240 e. The number of likely N-dealkylation sites (N-methyl/N-ethyl adjacent to an activating group) is 1. The number of benzene rings is 1. The van der Waals surface area contributed by atoms with Gasteiger partial charge in [-0.2, -0.15) is 0 Å². The Morgan fingerprint density at radius 2 is 1.82 bits per heavy atom. The van der Waals surface area contributed by atoms with Gasteiger partial charge >= 0.3 is 0 Å².